The van der Waals surface area contributed by atoms with Crippen LogP contribution in [0.5, 0.6) is 0 Å². The molecule has 0 aliphatic heterocycles. The maximum atomic E-state index is 5.19. The van der Waals surface area contributed by atoms with E-state index >= 15 is 0 Å². The SMILES string of the molecule is CNCCc1nnc(N)o1. The predicted octanol–water partition coefficient (Wildman–Crippen LogP) is -0.586. The van der Waals surface area contributed by atoms with E-state index in [0.717, 1.165) is 13.0 Å². The highest BCUT2D eigenvalue weighted by Crippen LogP contribution is 1.99. The second-order valence-electron chi connectivity index (χ2n) is 1.89. The molecule has 1 aromatic heterocycles. The average Bonchev–Trinajstić information content (AvgIpc) is 2.31. The van der Waals surface area contributed by atoms with E-state index in [2.05, 4.69) is 15.5 Å². The predicted molar refractivity (Wildman–Crippen MR) is 36.3 cm³/mol. The molecule has 0 aliphatic rings. The number of hydrogen-bond acceptors (Lipinski definition) is 5. The molecule has 0 atom stereocenters. The van der Waals surface area contributed by atoms with E-state index in [1.807, 2.05) is 7.05 Å². The van der Waals surface area contributed by atoms with Gasteiger partial charge in [-0.3, -0.25) is 0 Å². The smallest absolute Gasteiger partial charge is 0.312 e. The lowest BCUT2D eigenvalue weighted by molar-refractivity contribution is 0.504. The number of likely N-dealkylation sites (N-methyl/N-ethyl adjacent to an activating group) is 1. The molecule has 1 rings (SSSR count). The summed E-state index contributed by atoms with van der Waals surface area (Å²) in [7, 11) is 1.86. The zero-order chi connectivity index (χ0) is 7.40. The van der Waals surface area contributed by atoms with Gasteiger partial charge in [-0.25, -0.2) is 0 Å². The first kappa shape index (κ1) is 7.01. The number of nitrogens with one attached hydrogen (secondary N) is 1. The zero-order valence-corrected chi connectivity index (χ0v) is 5.79. The number of hydrogen-bond donors (Lipinski definition) is 2. The molecular weight excluding hydrogens is 132 g/mol. The van der Waals surface area contributed by atoms with Crippen LogP contribution in [0.1, 0.15) is 5.89 Å². The van der Waals surface area contributed by atoms with Crippen LogP contribution >= 0.6 is 0 Å². The maximum Gasteiger partial charge on any atom is 0.312 e. The molecule has 0 radical (unpaired) electrons. The van der Waals surface area contributed by atoms with Gasteiger partial charge in [0.1, 0.15) is 0 Å². The van der Waals surface area contributed by atoms with Crippen LogP contribution in [0.25, 0.3) is 0 Å². The van der Waals surface area contributed by atoms with Crippen molar-refractivity contribution in [3.63, 3.8) is 0 Å². The largest absolute Gasteiger partial charge is 0.408 e. The Labute approximate surface area is 58.6 Å². The van der Waals surface area contributed by atoms with Crippen LogP contribution in [0.3, 0.4) is 0 Å². The number of nitrogens with two attached hydrogens (primary N) is 1. The summed E-state index contributed by atoms with van der Waals surface area (Å²) in [5.41, 5.74) is 5.19. The molecule has 5 nitrogen and oxygen atoms in total. The summed E-state index contributed by atoms with van der Waals surface area (Å²) in [5, 5.41) is 10.1. The number of rotatable bonds is 3. The zero-order valence-electron chi connectivity index (χ0n) is 5.79. The first-order valence-electron chi connectivity index (χ1n) is 3.05. The van der Waals surface area contributed by atoms with Crippen molar-refractivity contribution >= 4 is 6.01 Å². The van der Waals surface area contributed by atoms with Crippen LogP contribution in [-0.4, -0.2) is 23.8 Å². The number of aromatic nitrogens is 2. The number of anilines is 1. The van der Waals surface area contributed by atoms with Gasteiger partial charge < -0.3 is 15.5 Å². The molecule has 10 heavy (non-hydrogen) atoms. The molecule has 0 amide bonds. The van der Waals surface area contributed by atoms with E-state index in [4.69, 9.17) is 10.2 Å². The summed E-state index contributed by atoms with van der Waals surface area (Å²) in [6, 6.07) is 0.131. The average molecular weight is 142 g/mol. The Bertz CT molecular complexity index is 197. The Morgan fingerprint density at radius 2 is 2.40 bits per heavy atom. The van der Waals surface area contributed by atoms with Crippen molar-refractivity contribution in [3.8, 4) is 0 Å². The molecule has 0 fully saturated rings. The highest BCUT2D eigenvalue weighted by molar-refractivity contribution is 5.04. The summed E-state index contributed by atoms with van der Waals surface area (Å²) in [5.74, 6) is 0.576. The second-order valence-corrected chi connectivity index (χ2v) is 1.89. The second kappa shape index (κ2) is 3.17. The molecule has 0 saturated heterocycles. The molecule has 0 saturated carbocycles. The van der Waals surface area contributed by atoms with Crippen LogP contribution in [0.2, 0.25) is 0 Å². The van der Waals surface area contributed by atoms with Crippen LogP contribution in [0.15, 0.2) is 4.42 Å². The fourth-order valence-corrected chi connectivity index (χ4v) is 0.600. The minimum atomic E-state index is 0.131. The highest BCUT2D eigenvalue weighted by atomic mass is 16.4. The Morgan fingerprint density at radius 1 is 1.60 bits per heavy atom. The van der Waals surface area contributed by atoms with Crippen molar-refractivity contribution in [2.45, 2.75) is 6.42 Å². The van der Waals surface area contributed by atoms with Crippen LogP contribution in [0.4, 0.5) is 6.01 Å². The molecular formula is C5H10N4O. The van der Waals surface area contributed by atoms with Crippen LogP contribution in [-0.2, 0) is 6.42 Å². The van der Waals surface area contributed by atoms with Gasteiger partial charge in [-0.2, -0.15) is 0 Å². The molecule has 0 unspecified atom stereocenters. The third kappa shape index (κ3) is 1.70. The van der Waals surface area contributed by atoms with Gasteiger partial charge in [-0.15, -0.1) is 5.10 Å². The lowest BCUT2D eigenvalue weighted by Crippen LogP contribution is -2.10. The summed E-state index contributed by atoms with van der Waals surface area (Å²) in [4.78, 5) is 0. The van der Waals surface area contributed by atoms with Gasteiger partial charge in [0.15, 0.2) is 0 Å². The van der Waals surface area contributed by atoms with Gasteiger partial charge in [0.2, 0.25) is 5.89 Å². The van der Waals surface area contributed by atoms with E-state index in [-0.39, 0.29) is 6.01 Å². The van der Waals surface area contributed by atoms with Gasteiger partial charge >= 0.3 is 6.01 Å². The van der Waals surface area contributed by atoms with Gasteiger partial charge in [0.25, 0.3) is 0 Å². The minimum absolute atomic E-state index is 0.131. The monoisotopic (exact) mass is 142 g/mol. The quantitative estimate of drug-likeness (QED) is 0.590. The van der Waals surface area contributed by atoms with Crippen molar-refractivity contribution in [2.24, 2.45) is 0 Å². The Kier molecular flexibility index (Phi) is 2.22. The van der Waals surface area contributed by atoms with Gasteiger partial charge in [-0.05, 0) is 7.05 Å². The number of nitrogen functional groups attached to an aromatic ring is 1. The fourth-order valence-electron chi connectivity index (χ4n) is 0.600. The Morgan fingerprint density at radius 3 is 2.90 bits per heavy atom. The van der Waals surface area contributed by atoms with E-state index < -0.39 is 0 Å². The Hall–Kier alpha value is -1.10. The summed E-state index contributed by atoms with van der Waals surface area (Å²) in [6.07, 6.45) is 0.723. The van der Waals surface area contributed by atoms with Crippen molar-refractivity contribution in [3.05, 3.63) is 5.89 Å². The van der Waals surface area contributed by atoms with Gasteiger partial charge in [-0.1, -0.05) is 5.10 Å². The molecule has 0 spiro atoms. The Balaban J connectivity index is 2.42. The van der Waals surface area contributed by atoms with Crippen LogP contribution in [0, 0.1) is 0 Å². The van der Waals surface area contributed by atoms with Crippen molar-refractivity contribution in [1.29, 1.82) is 0 Å². The summed E-state index contributed by atoms with van der Waals surface area (Å²) < 4.78 is 4.90. The molecule has 1 heterocycles. The molecule has 56 valence electrons. The summed E-state index contributed by atoms with van der Waals surface area (Å²) in [6.45, 7) is 0.821. The highest BCUT2D eigenvalue weighted by Gasteiger charge is 1.99. The third-order valence-electron chi connectivity index (χ3n) is 1.07. The molecule has 0 aliphatic carbocycles. The lowest BCUT2D eigenvalue weighted by Gasteiger charge is -1.90. The van der Waals surface area contributed by atoms with E-state index in [0.29, 0.717) is 5.89 Å². The van der Waals surface area contributed by atoms with Gasteiger partial charge in [0, 0.05) is 13.0 Å². The van der Waals surface area contributed by atoms with Gasteiger partial charge in [0.05, 0.1) is 0 Å². The summed E-state index contributed by atoms with van der Waals surface area (Å²) >= 11 is 0. The van der Waals surface area contributed by atoms with E-state index in [1.165, 1.54) is 0 Å². The molecule has 5 heteroatoms. The topological polar surface area (TPSA) is 77.0 Å². The lowest BCUT2D eigenvalue weighted by atomic mass is 10.4. The standard InChI is InChI=1S/C5H10N4O/c1-7-3-2-4-8-9-5(6)10-4/h7H,2-3H2,1H3,(H2,6,9). The third-order valence-corrected chi connectivity index (χ3v) is 1.07. The fraction of sp³-hybridized carbons (Fsp3) is 0.600. The van der Waals surface area contributed by atoms with Crippen molar-refractivity contribution in [1.82, 2.24) is 15.5 Å². The van der Waals surface area contributed by atoms with Crippen LogP contribution < -0.4 is 11.1 Å². The van der Waals surface area contributed by atoms with E-state index in [1.54, 1.807) is 0 Å². The first-order valence-corrected chi connectivity index (χ1v) is 3.05. The molecule has 1 aromatic rings. The first-order chi connectivity index (χ1) is 4.83. The van der Waals surface area contributed by atoms with Crippen molar-refractivity contribution < 1.29 is 4.42 Å². The number of nitrogens with zero attached hydrogens (tertiary/aromatic N) is 2. The normalized spacial score (nSPS) is 10.1. The maximum absolute atomic E-state index is 5.19. The molecule has 0 aromatic carbocycles. The molecule has 3 N–H and O–H groups in total. The van der Waals surface area contributed by atoms with Crippen molar-refractivity contribution in [2.75, 3.05) is 19.3 Å². The molecule has 0 bridgehead atoms. The van der Waals surface area contributed by atoms with E-state index in [9.17, 15) is 0 Å². The minimum Gasteiger partial charge on any atom is -0.408 e.